The van der Waals surface area contributed by atoms with Crippen LogP contribution in [0.4, 0.5) is 0 Å². The molecule has 0 aliphatic heterocycles. The zero-order valence-electron chi connectivity index (χ0n) is 52.2. The van der Waals surface area contributed by atoms with Gasteiger partial charge in [-0.05, 0) is 176 Å². The maximum absolute atomic E-state index is 7.34. The van der Waals surface area contributed by atoms with E-state index >= 15 is 0 Å². The van der Waals surface area contributed by atoms with Crippen LogP contribution in [0.2, 0.25) is 0 Å². The molecule has 0 N–H and O–H groups in total. The molecule has 0 saturated carbocycles. The van der Waals surface area contributed by atoms with Crippen molar-refractivity contribution in [1.82, 2.24) is 8.80 Å². The highest BCUT2D eigenvalue weighted by molar-refractivity contribution is 6.35. The van der Waals surface area contributed by atoms with Gasteiger partial charge in [0, 0.05) is 86.2 Å². The molecular weight excluding hydrogens is 1190 g/mol. The van der Waals surface area contributed by atoms with Gasteiger partial charge in [-0.2, -0.15) is 0 Å². The van der Waals surface area contributed by atoms with Gasteiger partial charge in [-0.25, -0.2) is 0 Å². The van der Waals surface area contributed by atoms with Crippen LogP contribution in [0.15, 0.2) is 303 Å². The number of rotatable bonds is 6. The zero-order chi connectivity index (χ0) is 63.0. The summed E-state index contributed by atoms with van der Waals surface area (Å²) in [4.78, 5) is 0. The molecule has 8 heterocycles. The van der Waals surface area contributed by atoms with Crippen LogP contribution in [0.25, 0.3) is 231 Å². The highest BCUT2D eigenvalue weighted by Gasteiger charge is 2.29. The average molecular weight is 1240 g/mol. The lowest BCUT2D eigenvalue weighted by Gasteiger charge is -2.12. The summed E-state index contributed by atoms with van der Waals surface area (Å²) in [5.74, 6) is 0. The third kappa shape index (κ3) is 6.92. The fourth-order valence-electron chi connectivity index (χ4n) is 17.2. The molecule has 15 aromatic carbocycles. The Balaban J connectivity index is 0.745. The van der Waals surface area contributed by atoms with E-state index in [1.807, 2.05) is 0 Å². The summed E-state index contributed by atoms with van der Waals surface area (Å²) in [6, 6.07) is 104. The Morgan fingerprint density at radius 1 is 0.196 bits per heavy atom. The summed E-state index contributed by atoms with van der Waals surface area (Å²) in [7, 11) is 0. The van der Waals surface area contributed by atoms with E-state index in [2.05, 4.69) is 301 Å². The normalized spacial score (nSPS) is 12.6. The molecule has 0 radical (unpaired) electrons. The van der Waals surface area contributed by atoms with Crippen LogP contribution in [0.5, 0.6) is 0 Å². The van der Waals surface area contributed by atoms with Crippen molar-refractivity contribution in [3.63, 3.8) is 0 Å². The van der Waals surface area contributed by atoms with Crippen molar-refractivity contribution in [2.45, 2.75) is 6.92 Å². The van der Waals surface area contributed by atoms with Crippen LogP contribution in [0.1, 0.15) is 5.56 Å². The summed E-state index contributed by atoms with van der Waals surface area (Å²) in [6.45, 7) is 2.23. The van der Waals surface area contributed by atoms with Gasteiger partial charge in [-0.15, -0.1) is 0 Å². The third-order valence-corrected chi connectivity index (χ3v) is 21.5. The summed E-state index contributed by atoms with van der Waals surface area (Å²) in [5.41, 5.74) is 28.3. The molecule has 23 rings (SSSR count). The quantitative estimate of drug-likeness (QED) is 0.166. The third-order valence-electron chi connectivity index (χ3n) is 21.5. The molecule has 0 fully saturated rings. The van der Waals surface area contributed by atoms with Gasteiger partial charge in [0.25, 0.3) is 0 Å². The monoisotopic (exact) mass is 1230 g/mol. The number of fused-ring (bicyclic) bond motifs is 28. The summed E-state index contributed by atoms with van der Waals surface area (Å²) in [5, 5.41) is 17.7. The van der Waals surface area contributed by atoms with Crippen LogP contribution in [0.3, 0.4) is 0 Å². The average Bonchev–Trinajstić information content (AvgIpc) is 1.52. The molecule has 6 heteroatoms. The molecule has 8 aromatic heterocycles. The molecule has 0 aliphatic carbocycles. The molecule has 0 saturated heterocycles. The Labute approximate surface area is 551 Å². The lowest BCUT2D eigenvalue weighted by Crippen LogP contribution is -1.86. The number of furan rings is 4. The van der Waals surface area contributed by atoms with Crippen molar-refractivity contribution in [2.75, 3.05) is 0 Å². The highest BCUT2D eigenvalue weighted by atomic mass is 16.3. The highest BCUT2D eigenvalue weighted by Crippen LogP contribution is 2.52. The van der Waals surface area contributed by atoms with E-state index in [4.69, 9.17) is 17.7 Å². The number of hydrogen-bond acceptors (Lipinski definition) is 4. The largest absolute Gasteiger partial charge is 0.454 e. The predicted octanol–water partition coefficient (Wildman–Crippen LogP) is 25.9. The Bertz CT molecular complexity index is 7300. The number of hydrogen-bond donors (Lipinski definition) is 0. The van der Waals surface area contributed by atoms with Crippen molar-refractivity contribution in [3.05, 3.63) is 291 Å². The van der Waals surface area contributed by atoms with Gasteiger partial charge in [-0.3, -0.25) is 0 Å². The van der Waals surface area contributed by atoms with E-state index < -0.39 is 0 Å². The van der Waals surface area contributed by atoms with E-state index in [9.17, 15) is 0 Å². The van der Waals surface area contributed by atoms with Crippen LogP contribution >= 0.6 is 0 Å². The fourth-order valence-corrected chi connectivity index (χ4v) is 17.2. The number of nitrogens with zero attached hydrogens (tertiary/aromatic N) is 2. The molecule has 0 unspecified atom stereocenters. The molecule has 0 atom stereocenters. The Morgan fingerprint density at radius 2 is 0.567 bits per heavy atom. The van der Waals surface area contributed by atoms with Gasteiger partial charge >= 0.3 is 0 Å². The van der Waals surface area contributed by atoms with E-state index in [1.165, 1.54) is 60.8 Å². The topological polar surface area (TPSA) is 61.4 Å². The minimum atomic E-state index is 0.818. The van der Waals surface area contributed by atoms with E-state index in [0.717, 1.165) is 175 Å². The zero-order valence-corrected chi connectivity index (χ0v) is 52.2. The molecule has 97 heavy (non-hydrogen) atoms. The lowest BCUT2D eigenvalue weighted by molar-refractivity contribution is 0.669. The SMILES string of the molecule is Cc1cc(-c2ccccc2)ccc1-c1cc2c3ccc4c5ccccc5oc4c3n3c2c(c1)c1ccc2c(oc4cccc(-c5ccc6oc7c(ccc8c9cc(-c%10cc(-c%11ccccc%11)cc(-c%11ccccc%11)c%10)cc%10c%11ccc%12c%13ccccc%13oc%12c%11n(c%109)c87)c6c5)c42)c13. The second-order valence-electron chi connectivity index (χ2n) is 26.6. The summed E-state index contributed by atoms with van der Waals surface area (Å²) in [6.07, 6.45) is 0. The first-order chi connectivity index (χ1) is 48.0. The lowest BCUT2D eigenvalue weighted by atomic mass is 9.92. The summed E-state index contributed by atoms with van der Waals surface area (Å²) >= 11 is 0. The molecule has 6 nitrogen and oxygen atoms in total. The van der Waals surface area contributed by atoms with E-state index in [-0.39, 0.29) is 0 Å². The Morgan fingerprint density at radius 3 is 1.08 bits per heavy atom. The van der Waals surface area contributed by atoms with Gasteiger partial charge in [0.2, 0.25) is 0 Å². The Kier molecular flexibility index (Phi) is 9.94. The van der Waals surface area contributed by atoms with Crippen molar-refractivity contribution in [3.8, 4) is 66.8 Å². The Hall–Kier alpha value is -12.9. The number of aryl methyl sites for hydroxylation is 1. The van der Waals surface area contributed by atoms with Gasteiger partial charge < -0.3 is 26.5 Å². The summed E-state index contributed by atoms with van der Waals surface area (Å²) < 4.78 is 33.5. The molecule has 448 valence electrons. The molecule has 0 spiro atoms. The van der Waals surface area contributed by atoms with Crippen molar-refractivity contribution < 1.29 is 17.7 Å². The number of para-hydroxylation sites is 2. The van der Waals surface area contributed by atoms with E-state index in [0.29, 0.717) is 0 Å². The molecule has 23 aromatic rings. The minimum Gasteiger partial charge on any atom is -0.454 e. The first-order valence-electron chi connectivity index (χ1n) is 33.3. The first kappa shape index (κ1) is 51.6. The molecule has 0 amide bonds. The smallest absolute Gasteiger partial charge is 0.160 e. The second-order valence-corrected chi connectivity index (χ2v) is 26.6. The van der Waals surface area contributed by atoms with Crippen molar-refractivity contribution in [1.29, 1.82) is 0 Å². The predicted molar refractivity (Wildman–Crippen MR) is 402 cm³/mol. The second kappa shape index (κ2) is 18.7. The van der Waals surface area contributed by atoms with Crippen molar-refractivity contribution >= 4 is 164 Å². The minimum absolute atomic E-state index is 0.818. The number of benzene rings is 15. The standard InChI is InChI=1S/C91H50N2O4/c1-49-40-53(50-16-5-2-6-17-50)28-30-60(49)59-47-75-66-32-36-69-63-23-12-14-26-78(63)95-89(69)85(66)93-83(75)76(48-59)67-34-38-71-81-61(24-15-27-80(81)97-91(71)87(67)93)54-29-39-79-72(44-54)70-37-33-65-74-46-58(57-42-55(51-18-7-3-8-19-51)41-56(43-57)52-20-9-4-10-21-52)45-73-64-31-35-68-62-22-11-13-25-77(62)94-88(68)84(64)92(82(73)74)86(65)90(70)96-79/h2-48H,1H3. The fraction of sp³-hybridized carbons (Fsp3) is 0.0110. The van der Waals surface area contributed by atoms with Gasteiger partial charge in [0.05, 0.1) is 33.1 Å². The maximum Gasteiger partial charge on any atom is 0.160 e. The van der Waals surface area contributed by atoms with E-state index in [1.54, 1.807) is 0 Å². The maximum atomic E-state index is 7.34. The molecule has 0 aliphatic rings. The molecular formula is C91H50N2O4. The van der Waals surface area contributed by atoms with Crippen molar-refractivity contribution in [2.24, 2.45) is 0 Å². The first-order valence-corrected chi connectivity index (χ1v) is 33.3. The van der Waals surface area contributed by atoms with Crippen LogP contribution < -0.4 is 0 Å². The van der Waals surface area contributed by atoms with Crippen LogP contribution in [-0.4, -0.2) is 8.80 Å². The van der Waals surface area contributed by atoms with Gasteiger partial charge in [0.1, 0.15) is 22.3 Å². The molecule has 0 bridgehead atoms. The van der Waals surface area contributed by atoms with Gasteiger partial charge in [0.15, 0.2) is 22.3 Å². The number of aromatic nitrogens is 2. The van der Waals surface area contributed by atoms with Crippen LogP contribution in [0, 0.1) is 6.92 Å². The van der Waals surface area contributed by atoms with Gasteiger partial charge in [-0.1, -0.05) is 188 Å². The van der Waals surface area contributed by atoms with Crippen LogP contribution in [-0.2, 0) is 0 Å².